The van der Waals surface area contributed by atoms with Gasteiger partial charge in [-0.25, -0.2) is 4.98 Å². The van der Waals surface area contributed by atoms with E-state index in [0.717, 1.165) is 37.1 Å². The second-order valence-corrected chi connectivity index (χ2v) is 6.08. The van der Waals surface area contributed by atoms with Crippen molar-refractivity contribution in [1.82, 2.24) is 20.4 Å². The van der Waals surface area contributed by atoms with Gasteiger partial charge < -0.3 is 26.2 Å². The minimum absolute atomic E-state index is 0.338. The zero-order valence-electron chi connectivity index (χ0n) is 15.0. The van der Waals surface area contributed by atoms with E-state index in [9.17, 15) is 0 Å². The third-order valence-corrected chi connectivity index (χ3v) is 4.10. The standard InChI is InChI=1S/C17H24N8O/c1-11-7-15(25-26-11)23-17-21-10-14(12(8-18)9-19-2)16(24-17)22-13-3-5-20-6-4-13/h7-10,13,20H,3-6,18H2,1-2H3,(H2,21,22,23,24,25). The molecule has 0 saturated carbocycles. The van der Waals surface area contributed by atoms with Crippen LogP contribution in [-0.2, 0) is 0 Å². The van der Waals surface area contributed by atoms with Crippen molar-refractivity contribution in [3.63, 3.8) is 0 Å². The molecule has 1 aliphatic heterocycles. The Labute approximate surface area is 152 Å². The van der Waals surface area contributed by atoms with Crippen molar-refractivity contribution in [3.8, 4) is 0 Å². The molecule has 2 aromatic heterocycles. The summed E-state index contributed by atoms with van der Waals surface area (Å²) in [5, 5.41) is 13.8. The molecule has 0 atom stereocenters. The molecule has 9 heteroatoms. The van der Waals surface area contributed by atoms with E-state index < -0.39 is 0 Å². The molecule has 9 nitrogen and oxygen atoms in total. The lowest BCUT2D eigenvalue weighted by Gasteiger charge is -2.25. The molecule has 1 saturated heterocycles. The Bertz CT molecular complexity index is 792. The number of anilines is 3. The Morgan fingerprint density at radius 1 is 1.42 bits per heavy atom. The summed E-state index contributed by atoms with van der Waals surface area (Å²) in [5.74, 6) is 2.42. The molecule has 2 aromatic rings. The Hall–Kier alpha value is -2.94. The van der Waals surface area contributed by atoms with Gasteiger partial charge in [-0.3, -0.25) is 4.99 Å². The lowest BCUT2D eigenvalue weighted by molar-refractivity contribution is 0.400. The highest BCUT2D eigenvalue weighted by Gasteiger charge is 2.17. The molecular formula is C17H24N8O. The highest BCUT2D eigenvalue weighted by molar-refractivity contribution is 6.11. The number of hydrogen-bond acceptors (Lipinski definition) is 9. The van der Waals surface area contributed by atoms with Crippen LogP contribution in [0.15, 0.2) is 28.0 Å². The van der Waals surface area contributed by atoms with Crippen molar-refractivity contribution >= 4 is 29.4 Å². The van der Waals surface area contributed by atoms with Gasteiger partial charge in [0.2, 0.25) is 5.95 Å². The third-order valence-electron chi connectivity index (χ3n) is 4.10. The lowest BCUT2D eigenvalue weighted by atomic mass is 10.1. The third kappa shape index (κ3) is 4.37. The average molecular weight is 356 g/mol. The van der Waals surface area contributed by atoms with Gasteiger partial charge in [0.05, 0.1) is 0 Å². The number of aliphatic imine (C=N–C) groups is 1. The Balaban J connectivity index is 1.89. The van der Waals surface area contributed by atoms with E-state index in [2.05, 4.69) is 36.1 Å². The topological polar surface area (TPSA) is 126 Å². The molecule has 1 aliphatic rings. The summed E-state index contributed by atoms with van der Waals surface area (Å²) in [6, 6.07) is 2.12. The van der Waals surface area contributed by atoms with E-state index in [1.807, 2.05) is 6.92 Å². The maximum Gasteiger partial charge on any atom is 0.230 e. The van der Waals surface area contributed by atoms with Crippen molar-refractivity contribution in [3.05, 3.63) is 29.8 Å². The second kappa shape index (κ2) is 8.43. The van der Waals surface area contributed by atoms with E-state index in [1.165, 1.54) is 6.20 Å². The minimum atomic E-state index is 0.338. The second-order valence-electron chi connectivity index (χ2n) is 6.08. The van der Waals surface area contributed by atoms with Gasteiger partial charge in [0.25, 0.3) is 0 Å². The summed E-state index contributed by atoms with van der Waals surface area (Å²) < 4.78 is 5.07. The van der Waals surface area contributed by atoms with Crippen LogP contribution < -0.4 is 21.7 Å². The highest BCUT2D eigenvalue weighted by Crippen LogP contribution is 2.24. The molecule has 0 bridgehead atoms. The normalized spacial score (nSPS) is 16.2. The predicted octanol–water partition coefficient (Wildman–Crippen LogP) is 1.68. The number of nitrogens with zero attached hydrogens (tertiary/aromatic N) is 4. The van der Waals surface area contributed by atoms with Crippen LogP contribution in [0.2, 0.25) is 0 Å². The molecule has 26 heavy (non-hydrogen) atoms. The van der Waals surface area contributed by atoms with Crippen LogP contribution in [0.1, 0.15) is 24.2 Å². The predicted molar refractivity (Wildman–Crippen MR) is 103 cm³/mol. The molecule has 138 valence electrons. The summed E-state index contributed by atoms with van der Waals surface area (Å²) in [6.07, 6.45) is 6.98. The largest absolute Gasteiger partial charge is 0.404 e. The summed E-state index contributed by atoms with van der Waals surface area (Å²) in [6.45, 7) is 3.80. The number of nitrogens with two attached hydrogens (primary N) is 1. The Kier molecular flexibility index (Phi) is 5.80. The zero-order valence-corrected chi connectivity index (χ0v) is 15.0. The zero-order chi connectivity index (χ0) is 18.4. The molecule has 3 rings (SSSR count). The monoisotopic (exact) mass is 356 g/mol. The van der Waals surface area contributed by atoms with Gasteiger partial charge in [-0.2, -0.15) is 4.98 Å². The summed E-state index contributed by atoms with van der Waals surface area (Å²) >= 11 is 0. The number of aryl methyl sites for hydroxylation is 1. The fourth-order valence-corrected chi connectivity index (χ4v) is 2.80. The van der Waals surface area contributed by atoms with E-state index in [0.29, 0.717) is 29.4 Å². The molecule has 0 aromatic carbocycles. The van der Waals surface area contributed by atoms with Crippen LogP contribution in [0.3, 0.4) is 0 Å². The first-order valence-corrected chi connectivity index (χ1v) is 8.58. The van der Waals surface area contributed by atoms with Crippen molar-refractivity contribution in [2.24, 2.45) is 10.7 Å². The first-order chi connectivity index (χ1) is 12.7. The van der Waals surface area contributed by atoms with Crippen molar-refractivity contribution in [2.75, 3.05) is 30.8 Å². The number of allylic oxidation sites excluding steroid dienone is 1. The summed E-state index contributed by atoms with van der Waals surface area (Å²) in [7, 11) is 1.70. The van der Waals surface area contributed by atoms with Crippen LogP contribution in [0.5, 0.6) is 0 Å². The molecule has 5 N–H and O–H groups in total. The van der Waals surface area contributed by atoms with Gasteiger partial charge in [0, 0.05) is 48.9 Å². The molecule has 1 fully saturated rings. The first kappa shape index (κ1) is 17.9. The first-order valence-electron chi connectivity index (χ1n) is 8.58. The Morgan fingerprint density at radius 2 is 2.23 bits per heavy atom. The lowest BCUT2D eigenvalue weighted by Crippen LogP contribution is -2.35. The van der Waals surface area contributed by atoms with Crippen LogP contribution in [0.4, 0.5) is 17.6 Å². The number of piperidine rings is 1. The van der Waals surface area contributed by atoms with E-state index in [1.54, 1.807) is 25.5 Å². The van der Waals surface area contributed by atoms with Gasteiger partial charge in [-0.05, 0) is 32.9 Å². The van der Waals surface area contributed by atoms with Crippen LogP contribution >= 0.6 is 0 Å². The van der Waals surface area contributed by atoms with Gasteiger partial charge >= 0.3 is 0 Å². The fourth-order valence-electron chi connectivity index (χ4n) is 2.80. The van der Waals surface area contributed by atoms with Crippen molar-refractivity contribution in [1.29, 1.82) is 0 Å². The average Bonchev–Trinajstić information content (AvgIpc) is 3.06. The molecule has 3 heterocycles. The fraction of sp³-hybridized carbons (Fsp3) is 0.412. The SMILES string of the molecule is CN=CC(=CN)c1cnc(Nc2cc(C)on2)nc1NC1CCNCC1. The Morgan fingerprint density at radius 3 is 2.88 bits per heavy atom. The van der Waals surface area contributed by atoms with Gasteiger partial charge in [-0.15, -0.1) is 0 Å². The van der Waals surface area contributed by atoms with Crippen LogP contribution in [0.25, 0.3) is 5.57 Å². The van der Waals surface area contributed by atoms with Crippen molar-refractivity contribution in [2.45, 2.75) is 25.8 Å². The summed E-state index contributed by atoms with van der Waals surface area (Å²) in [4.78, 5) is 13.1. The molecule has 0 unspecified atom stereocenters. The number of rotatable bonds is 6. The molecular weight excluding hydrogens is 332 g/mol. The van der Waals surface area contributed by atoms with E-state index in [-0.39, 0.29) is 0 Å². The number of hydrogen-bond donors (Lipinski definition) is 4. The highest BCUT2D eigenvalue weighted by atomic mass is 16.5. The molecule has 0 aliphatic carbocycles. The smallest absolute Gasteiger partial charge is 0.230 e. The summed E-state index contributed by atoms with van der Waals surface area (Å²) in [5.41, 5.74) is 7.33. The minimum Gasteiger partial charge on any atom is -0.404 e. The van der Waals surface area contributed by atoms with Gasteiger partial charge in [0.1, 0.15) is 11.6 Å². The maximum absolute atomic E-state index is 5.77. The van der Waals surface area contributed by atoms with Crippen LogP contribution in [0, 0.1) is 6.92 Å². The molecule has 0 spiro atoms. The molecule has 0 amide bonds. The van der Waals surface area contributed by atoms with Crippen LogP contribution in [-0.4, -0.2) is 47.5 Å². The quantitative estimate of drug-likeness (QED) is 0.576. The van der Waals surface area contributed by atoms with E-state index in [4.69, 9.17) is 10.3 Å². The number of aromatic nitrogens is 3. The maximum atomic E-state index is 5.77. The van der Waals surface area contributed by atoms with Gasteiger partial charge in [0.15, 0.2) is 5.82 Å². The van der Waals surface area contributed by atoms with Gasteiger partial charge in [-0.1, -0.05) is 5.16 Å². The number of nitrogens with one attached hydrogen (secondary N) is 3. The van der Waals surface area contributed by atoms with Crippen molar-refractivity contribution < 1.29 is 4.52 Å². The molecule has 0 radical (unpaired) electrons. The van der Waals surface area contributed by atoms with E-state index >= 15 is 0 Å².